The Hall–Kier alpha value is -4.09. The first-order valence-corrected chi connectivity index (χ1v) is 11.8. The fourth-order valence-corrected chi connectivity index (χ4v) is 5.30. The number of ether oxygens (including phenoxy) is 1. The van der Waals surface area contributed by atoms with E-state index in [9.17, 15) is 14.9 Å². The Balaban J connectivity index is 1.55. The van der Waals surface area contributed by atoms with Crippen LogP contribution in [0.5, 0.6) is 5.75 Å². The maximum atomic E-state index is 12.6. The lowest BCUT2D eigenvalue weighted by molar-refractivity contribution is -0.118. The molecule has 2 heterocycles. The van der Waals surface area contributed by atoms with Crippen LogP contribution in [0.2, 0.25) is 0 Å². The molecule has 2 amide bonds. The Labute approximate surface area is 207 Å². The van der Waals surface area contributed by atoms with Crippen molar-refractivity contribution in [3.05, 3.63) is 81.1 Å². The number of para-hydroxylation sites is 1. The van der Waals surface area contributed by atoms with Gasteiger partial charge in [-0.2, -0.15) is 5.26 Å². The lowest BCUT2D eigenvalue weighted by atomic mass is 9.77. The van der Waals surface area contributed by atoms with E-state index in [2.05, 4.69) is 25.2 Å². The van der Waals surface area contributed by atoms with Gasteiger partial charge in [0.15, 0.2) is 6.61 Å². The molecule has 2 aromatic heterocycles. The van der Waals surface area contributed by atoms with Gasteiger partial charge in [-0.1, -0.05) is 32.1 Å². The van der Waals surface area contributed by atoms with E-state index in [1.165, 1.54) is 17.4 Å². The molecule has 0 aliphatic heterocycles. The summed E-state index contributed by atoms with van der Waals surface area (Å²) >= 11 is 1.40. The molecule has 1 aliphatic rings. The van der Waals surface area contributed by atoms with Gasteiger partial charge < -0.3 is 20.2 Å². The normalized spacial score (nSPS) is 14.2. The third-order valence-electron chi connectivity index (χ3n) is 5.63. The quantitative estimate of drug-likeness (QED) is 0.462. The maximum Gasteiger partial charge on any atom is 0.262 e. The van der Waals surface area contributed by atoms with Crippen LogP contribution in [0.25, 0.3) is 12.2 Å². The van der Waals surface area contributed by atoms with Crippen LogP contribution < -0.4 is 15.8 Å². The minimum atomic E-state index is -0.639. The fourth-order valence-electron chi connectivity index (χ4n) is 4.05. The van der Waals surface area contributed by atoms with Gasteiger partial charge in [-0.3, -0.25) is 9.59 Å². The number of nitrogens with zero attached hydrogens (tertiary/aromatic N) is 1. The van der Waals surface area contributed by atoms with E-state index in [0.29, 0.717) is 10.6 Å². The van der Waals surface area contributed by atoms with E-state index in [1.54, 1.807) is 18.2 Å². The molecule has 3 N–H and O–H groups in total. The number of thiophene rings is 1. The van der Waals surface area contributed by atoms with Gasteiger partial charge in [0, 0.05) is 15.9 Å². The molecule has 0 fully saturated rings. The average Bonchev–Trinajstić information content (AvgIpc) is 3.39. The summed E-state index contributed by atoms with van der Waals surface area (Å²) in [6, 6.07) is 12.5. The molecule has 0 radical (unpaired) electrons. The highest BCUT2D eigenvalue weighted by atomic mass is 32.1. The van der Waals surface area contributed by atoms with E-state index in [1.807, 2.05) is 37.3 Å². The largest absolute Gasteiger partial charge is 0.483 e. The van der Waals surface area contributed by atoms with Crippen LogP contribution in [-0.4, -0.2) is 18.4 Å². The number of nitriles is 1. The molecule has 178 valence electrons. The molecule has 0 saturated heterocycles. The zero-order chi connectivity index (χ0) is 25.2. The molecule has 0 spiro atoms. The van der Waals surface area contributed by atoms with Crippen LogP contribution in [0.1, 0.15) is 58.2 Å². The zero-order valence-electron chi connectivity index (χ0n) is 19.7. The lowest BCUT2D eigenvalue weighted by Gasteiger charge is -2.29. The first kappa shape index (κ1) is 24.0. The number of hydrogen-bond acceptors (Lipinski definition) is 6. The van der Waals surface area contributed by atoms with E-state index < -0.39 is 11.8 Å². The molecule has 1 aromatic carbocycles. The third kappa shape index (κ3) is 5.20. The Bertz CT molecular complexity index is 1400. The van der Waals surface area contributed by atoms with E-state index in [4.69, 9.17) is 14.9 Å². The highest BCUT2D eigenvalue weighted by Crippen LogP contribution is 2.47. The Kier molecular flexibility index (Phi) is 6.63. The lowest BCUT2D eigenvalue weighted by Crippen LogP contribution is -2.21. The molecule has 35 heavy (non-hydrogen) atoms. The zero-order valence-corrected chi connectivity index (χ0v) is 20.5. The van der Waals surface area contributed by atoms with E-state index >= 15 is 0 Å². The number of amides is 2. The number of hydrogen-bond donors (Lipinski definition) is 2. The van der Waals surface area contributed by atoms with Crippen molar-refractivity contribution in [2.24, 2.45) is 5.73 Å². The van der Waals surface area contributed by atoms with Gasteiger partial charge in [-0.05, 0) is 55.3 Å². The number of fused-ring (bicyclic) bond motifs is 1. The predicted octanol–water partition coefficient (Wildman–Crippen LogP) is 5.42. The summed E-state index contributed by atoms with van der Waals surface area (Å²) in [7, 11) is 0. The molecule has 8 heteroatoms. The molecule has 1 aliphatic carbocycles. The minimum absolute atomic E-state index is 0.196. The Morgan fingerprint density at radius 1 is 1.26 bits per heavy atom. The van der Waals surface area contributed by atoms with Crippen LogP contribution in [0.15, 0.2) is 52.5 Å². The van der Waals surface area contributed by atoms with Crippen molar-refractivity contribution in [1.29, 1.82) is 5.26 Å². The second-order valence-electron chi connectivity index (χ2n) is 8.92. The number of benzene rings is 1. The highest BCUT2D eigenvalue weighted by Gasteiger charge is 2.33. The van der Waals surface area contributed by atoms with Gasteiger partial charge in [0.2, 0.25) is 0 Å². The summed E-state index contributed by atoms with van der Waals surface area (Å²) in [5, 5.41) is 13.2. The number of nitrogens with one attached hydrogen (secondary N) is 1. The highest BCUT2D eigenvalue weighted by molar-refractivity contribution is 7.17. The number of carbonyl (C=O) groups is 2. The summed E-state index contributed by atoms with van der Waals surface area (Å²) in [6.07, 6.45) is 6.70. The molecular weight excluding hydrogens is 462 g/mol. The molecule has 0 unspecified atom stereocenters. The van der Waals surface area contributed by atoms with Crippen LogP contribution in [-0.2, 0) is 10.2 Å². The first-order chi connectivity index (χ1) is 16.7. The fraction of sp³-hybridized carbons (Fsp3) is 0.222. The van der Waals surface area contributed by atoms with Crippen molar-refractivity contribution < 1.29 is 18.7 Å². The summed E-state index contributed by atoms with van der Waals surface area (Å²) in [6.45, 7) is 5.82. The standard InChI is InChI=1S/C27H25N3O4S/c1-16-8-10-18(34-16)11-9-17-12-20-21(14-28)26(35-24(20)27(2,3)13-17)30-23(31)15-33-22-7-5-4-6-19(22)25(29)32/h4-12H,13,15H2,1-3H3,(H2,29,32)(H,30,31)/b11-9+. The Morgan fingerprint density at radius 3 is 2.71 bits per heavy atom. The van der Waals surface area contributed by atoms with Crippen molar-refractivity contribution in [3.8, 4) is 11.8 Å². The predicted molar refractivity (Wildman–Crippen MR) is 136 cm³/mol. The van der Waals surface area contributed by atoms with Gasteiger partial charge in [0.1, 0.15) is 28.3 Å². The van der Waals surface area contributed by atoms with Crippen LogP contribution in [0.3, 0.4) is 0 Å². The molecular formula is C27H25N3O4S. The van der Waals surface area contributed by atoms with Crippen LogP contribution in [0, 0.1) is 18.3 Å². The van der Waals surface area contributed by atoms with E-state index in [0.717, 1.165) is 34.0 Å². The third-order valence-corrected chi connectivity index (χ3v) is 7.12. The van der Waals surface area contributed by atoms with Crippen LogP contribution >= 0.6 is 11.3 Å². The first-order valence-electron chi connectivity index (χ1n) is 11.0. The van der Waals surface area contributed by atoms with Crippen molar-refractivity contribution in [3.63, 3.8) is 0 Å². The van der Waals surface area contributed by atoms with E-state index in [-0.39, 0.29) is 23.3 Å². The number of anilines is 1. The smallest absolute Gasteiger partial charge is 0.262 e. The Morgan fingerprint density at radius 2 is 2.03 bits per heavy atom. The molecule has 0 atom stereocenters. The number of nitrogens with two attached hydrogens (primary N) is 1. The molecule has 7 nitrogen and oxygen atoms in total. The summed E-state index contributed by atoms with van der Waals surface area (Å²) in [4.78, 5) is 25.2. The molecule has 0 saturated carbocycles. The summed E-state index contributed by atoms with van der Waals surface area (Å²) in [5.74, 6) is 0.767. The number of aryl methyl sites for hydroxylation is 1. The topological polar surface area (TPSA) is 118 Å². The van der Waals surface area contributed by atoms with Crippen LogP contribution in [0.4, 0.5) is 5.00 Å². The summed E-state index contributed by atoms with van der Waals surface area (Å²) in [5.41, 5.74) is 7.64. The van der Waals surface area contributed by atoms with Gasteiger partial charge in [-0.15, -0.1) is 11.3 Å². The van der Waals surface area contributed by atoms with Crippen molar-refractivity contribution in [2.45, 2.75) is 32.6 Å². The summed E-state index contributed by atoms with van der Waals surface area (Å²) < 4.78 is 11.1. The van der Waals surface area contributed by atoms with Gasteiger partial charge >= 0.3 is 0 Å². The average molecular weight is 488 g/mol. The number of furan rings is 1. The van der Waals surface area contributed by atoms with Crippen molar-refractivity contribution >= 4 is 40.3 Å². The van der Waals surface area contributed by atoms with Crippen molar-refractivity contribution in [1.82, 2.24) is 0 Å². The SMILES string of the molecule is Cc1ccc(/C=C/C2=Cc3c(sc(NC(=O)COc4ccccc4C(N)=O)c3C#N)C(C)(C)C2)o1. The number of primary amides is 1. The van der Waals surface area contributed by atoms with Gasteiger partial charge in [-0.25, -0.2) is 0 Å². The van der Waals surface area contributed by atoms with Gasteiger partial charge in [0.25, 0.3) is 11.8 Å². The molecule has 4 rings (SSSR count). The number of carbonyl (C=O) groups excluding carboxylic acids is 2. The maximum absolute atomic E-state index is 12.6. The van der Waals surface area contributed by atoms with Crippen molar-refractivity contribution in [2.75, 3.05) is 11.9 Å². The monoisotopic (exact) mass is 487 g/mol. The second kappa shape index (κ2) is 9.65. The number of rotatable bonds is 7. The number of allylic oxidation sites excluding steroid dienone is 2. The molecule has 0 bridgehead atoms. The van der Waals surface area contributed by atoms with Gasteiger partial charge in [0.05, 0.1) is 11.1 Å². The second-order valence-corrected chi connectivity index (χ2v) is 9.94. The minimum Gasteiger partial charge on any atom is -0.483 e. The molecule has 3 aromatic rings.